The van der Waals surface area contributed by atoms with Crippen LogP contribution in [0.3, 0.4) is 0 Å². The lowest BCUT2D eigenvalue weighted by Gasteiger charge is -2.07. The van der Waals surface area contributed by atoms with Gasteiger partial charge in [-0.2, -0.15) is 0 Å². The highest BCUT2D eigenvalue weighted by atomic mass is 32.2. The van der Waals surface area contributed by atoms with E-state index in [4.69, 9.17) is 0 Å². The Hall–Kier alpha value is -3.25. The Labute approximate surface area is 183 Å². The first kappa shape index (κ1) is 22.4. The number of carbonyl (C=O) groups excluding carboxylic acids is 1. The number of nitrogens with zero attached hydrogens (tertiary/aromatic N) is 1. The number of nitrogens with one attached hydrogen (secondary N) is 1. The second-order valence-electron chi connectivity index (χ2n) is 7.25. The highest BCUT2D eigenvalue weighted by molar-refractivity contribution is 7.90. The Morgan fingerprint density at radius 2 is 1.65 bits per heavy atom. The van der Waals surface area contributed by atoms with E-state index in [0.29, 0.717) is 12.1 Å². The number of benzene rings is 2. The fourth-order valence-corrected chi connectivity index (χ4v) is 4.16. The third-order valence-electron chi connectivity index (χ3n) is 4.77. The summed E-state index contributed by atoms with van der Waals surface area (Å²) in [7, 11) is -3.63. The van der Waals surface area contributed by atoms with Gasteiger partial charge in [-0.3, -0.25) is 9.78 Å². The normalized spacial score (nSPS) is 11.5. The lowest BCUT2D eigenvalue weighted by Crippen LogP contribution is -2.32. The largest absolute Gasteiger partial charge is 0.268 e. The predicted octanol–water partition coefficient (Wildman–Crippen LogP) is 5.17. The number of unbranched alkanes of at least 4 members (excludes halogenated alkanes) is 2. The number of rotatable bonds is 9. The Kier molecular flexibility index (Phi) is 7.73. The molecule has 1 amide bonds. The van der Waals surface area contributed by atoms with Crippen LogP contribution >= 0.6 is 0 Å². The number of amides is 1. The summed E-state index contributed by atoms with van der Waals surface area (Å²) in [5.41, 5.74) is 4.11. The maximum atomic E-state index is 12.3. The van der Waals surface area contributed by atoms with Crippen LogP contribution in [-0.2, 0) is 10.0 Å². The minimum Gasteiger partial charge on any atom is -0.268 e. The van der Waals surface area contributed by atoms with Gasteiger partial charge in [-0.1, -0.05) is 80.4 Å². The van der Waals surface area contributed by atoms with Crippen molar-refractivity contribution in [2.75, 3.05) is 5.75 Å². The summed E-state index contributed by atoms with van der Waals surface area (Å²) in [6, 6.07) is 21.3. The molecule has 0 atom stereocenters. The molecule has 5 nitrogen and oxygen atoms in total. The summed E-state index contributed by atoms with van der Waals surface area (Å²) >= 11 is 0. The van der Waals surface area contributed by atoms with E-state index in [1.165, 1.54) is 12.3 Å². The van der Waals surface area contributed by atoms with E-state index in [9.17, 15) is 13.2 Å². The van der Waals surface area contributed by atoms with Crippen LogP contribution in [0.4, 0.5) is 0 Å². The molecule has 1 aromatic heterocycles. The van der Waals surface area contributed by atoms with Crippen LogP contribution in [0.2, 0.25) is 0 Å². The van der Waals surface area contributed by atoms with E-state index in [0.717, 1.165) is 29.5 Å². The smallest absolute Gasteiger partial charge is 0.264 e. The molecule has 6 heteroatoms. The van der Waals surface area contributed by atoms with E-state index in [2.05, 4.69) is 34.0 Å². The van der Waals surface area contributed by atoms with Crippen LogP contribution in [0.5, 0.6) is 0 Å². The quantitative estimate of drug-likeness (QED) is 0.472. The Balaban J connectivity index is 1.66. The molecule has 160 valence electrons. The van der Waals surface area contributed by atoms with Crippen LogP contribution in [0.25, 0.3) is 23.3 Å². The molecular formula is C25H26N2O3S. The van der Waals surface area contributed by atoms with Gasteiger partial charge >= 0.3 is 0 Å². The van der Waals surface area contributed by atoms with Gasteiger partial charge in [0, 0.05) is 11.8 Å². The van der Waals surface area contributed by atoms with Gasteiger partial charge in [0.1, 0.15) is 0 Å². The Bertz CT molecular complexity index is 1140. The van der Waals surface area contributed by atoms with Crippen LogP contribution in [0.15, 0.2) is 72.9 Å². The van der Waals surface area contributed by atoms with Crippen molar-refractivity contribution >= 4 is 28.1 Å². The highest BCUT2D eigenvalue weighted by Crippen LogP contribution is 2.20. The van der Waals surface area contributed by atoms with Crippen molar-refractivity contribution in [2.24, 2.45) is 0 Å². The van der Waals surface area contributed by atoms with Crippen molar-refractivity contribution in [1.82, 2.24) is 9.71 Å². The van der Waals surface area contributed by atoms with Gasteiger partial charge in [0.25, 0.3) is 5.91 Å². The molecule has 3 rings (SSSR count). The molecule has 0 aliphatic carbocycles. The average Bonchev–Trinajstić information content (AvgIpc) is 2.78. The lowest BCUT2D eigenvalue weighted by atomic mass is 10.0. The minimum absolute atomic E-state index is 0.0522. The van der Waals surface area contributed by atoms with Gasteiger partial charge in [0.2, 0.25) is 10.0 Å². The van der Waals surface area contributed by atoms with Crippen LogP contribution in [0.1, 0.15) is 47.8 Å². The second-order valence-corrected chi connectivity index (χ2v) is 9.09. The molecule has 0 fully saturated rings. The summed E-state index contributed by atoms with van der Waals surface area (Å²) in [6.07, 6.45) is 7.46. The molecule has 0 spiro atoms. The van der Waals surface area contributed by atoms with Crippen LogP contribution in [-0.4, -0.2) is 25.1 Å². The van der Waals surface area contributed by atoms with Gasteiger partial charge in [-0.15, -0.1) is 0 Å². The lowest BCUT2D eigenvalue weighted by molar-refractivity contribution is 0.0981. The van der Waals surface area contributed by atoms with Gasteiger partial charge in [0.05, 0.1) is 11.4 Å². The summed E-state index contributed by atoms with van der Waals surface area (Å²) in [5, 5.41) is 0. The molecule has 0 bridgehead atoms. The van der Waals surface area contributed by atoms with Crippen molar-refractivity contribution in [1.29, 1.82) is 0 Å². The van der Waals surface area contributed by atoms with Crippen molar-refractivity contribution in [3.63, 3.8) is 0 Å². The molecule has 31 heavy (non-hydrogen) atoms. The van der Waals surface area contributed by atoms with Crippen LogP contribution in [0, 0.1) is 0 Å². The first-order valence-electron chi connectivity index (χ1n) is 10.3. The van der Waals surface area contributed by atoms with Crippen molar-refractivity contribution in [3.8, 4) is 11.1 Å². The average molecular weight is 435 g/mol. The van der Waals surface area contributed by atoms with Crippen molar-refractivity contribution in [2.45, 2.75) is 26.2 Å². The molecule has 1 N–H and O–H groups in total. The first-order chi connectivity index (χ1) is 15.0. The number of aromatic nitrogens is 1. The molecule has 0 radical (unpaired) electrons. The highest BCUT2D eigenvalue weighted by Gasteiger charge is 2.15. The predicted molar refractivity (Wildman–Crippen MR) is 126 cm³/mol. The molecule has 3 aromatic rings. The molecule has 2 aromatic carbocycles. The van der Waals surface area contributed by atoms with E-state index in [1.54, 1.807) is 12.1 Å². The van der Waals surface area contributed by atoms with E-state index in [-0.39, 0.29) is 11.3 Å². The van der Waals surface area contributed by atoms with E-state index >= 15 is 0 Å². The number of hydrogen-bond donors (Lipinski definition) is 1. The first-order valence-corrected chi connectivity index (χ1v) is 12.0. The van der Waals surface area contributed by atoms with E-state index in [1.807, 2.05) is 43.3 Å². The zero-order valence-corrected chi connectivity index (χ0v) is 18.3. The maximum Gasteiger partial charge on any atom is 0.264 e. The molecule has 1 heterocycles. The number of sulfonamides is 1. The van der Waals surface area contributed by atoms with Crippen molar-refractivity contribution < 1.29 is 13.2 Å². The van der Waals surface area contributed by atoms with Gasteiger partial charge in [-0.05, 0) is 41.3 Å². The summed E-state index contributed by atoms with van der Waals surface area (Å²) < 4.78 is 26.2. The third-order valence-corrected chi connectivity index (χ3v) is 6.09. The summed E-state index contributed by atoms with van der Waals surface area (Å²) in [6.45, 7) is 1.99. The zero-order chi connectivity index (χ0) is 22.1. The van der Waals surface area contributed by atoms with E-state index < -0.39 is 15.9 Å². The third kappa shape index (κ3) is 6.89. The van der Waals surface area contributed by atoms with Crippen LogP contribution < -0.4 is 4.72 Å². The van der Waals surface area contributed by atoms with Gasteiger partial charge in [0.15, 0.2) is 0 Å². The molecule has 0 unspecified atom stereocenters. The molecular weight excluding hydrogens is 408 g/mol. The fourth-order valence-electron chi connectivity index (χ4n) is 3.07. The van der Waals surface area contributed by atoms with Crippen molar-refractivity contribution in [3.05, 3.63) is 89.7 Å². The molecule has 0 saturated carbocycles. The monoisotopic (exact) mass is 434 g/mol. The zero-order valence-electron chi connectivity index (χ0n) is 17.5. The molecule has 0 aliphatic heterocycles. The number of hydrogen-bond acceptors (Lipinski definition) is 4. The minimum atomic E-state index is -3.63. The molecule has 0 saturated heterocycles. The Morgan fingerprint density at radius 3 is 2.35 bits per heavy atom. The summed E-state index contributed by atoms with van der Waals surface area (Å²) in [4.78, 5) is 16.6. The van der Waals surface area contributed by atoms with Gasteiger partial charge < -0.3 is 0 Å². The van der Waals surface area contributed by atoms with Gasteiger partial charge in [-0.25, -0.2) is 13.1 Å². The summed E-state index contributed by atoms with van der Waals surface area (Å²) in [5.74, 6) is -0.690. The SMILES string of the molecule is CCCCCS(=O)(=O)NC(=O)c1ccnc(/C=C/c2ccc(-c3ccccc3)cc2)c1. The topological polar surface area (TPSA) is 76.1 Å². The standard InChI is InChI=1S/C25H26N2O3S/c1-2-3-7-18-31(29,30)27-25(28)23-16-17-26-24(19-23)15-12-20-10-13-22(14-11-20)21-8-5-4-6-9-21/h4-6,8-17,19H,2-3,7,18H2,1H3,(H,27,28)/b15-12+. The molecule has 0 aliphatic rings. The number of carbonyl (C=O) groups is 1. The Morgan fingerprint density at radius 1 is 0.935 bits per heavy atom. The fraction of sp³-hybridized carbons (Fsp3) is 0.200. The maximum absolute atomic E-state index is 12.3. The number of pyridine rings is 1. The second kappa shape index (κ2) is 10.7.